The van der Waals surface area contributed by atoms with Gasteiger partial charge in [0.25, 0.3) is 5.91 Å². The van der Waals surface area contributed by atoms with E-state index in [-0.39, 0.29) is 11.6 Å². The Bertz CT molecular complexity index is 907. The van der Waals surface area contributed by atoms with Crippen LogP contribution in [0.15, 0.2) is 23.1 Å². The van der Waals surface area contributed by atoms with Gasteiger partial charge in [-0.15, -0.1) is 10.2 Å². The lowest BCUT2D eigenvalue weighted by Crippen LogP contribution is -2.15. The van der Waals surface area contributed by atoms with Crippen molar-refractivity contribution in [3.8, 4) is 0 Å². The van der Waals surface area contributed by atoms with Crippen molar-refractivity contribution >= 4 is 28.0 Å². The molecule has 0 spiro atoms. The number of nitrogens with one attached hydrogen (secondary N) is 2. The van der Waals surface area contributed by atoms with Crippen LogP contribution < -0.4 is 11.0 Å². The van der Waals surface area contributed by atoms with Gasteiger partial charge in [0.1, 0.15) is 5.01 Å². The molecule has 0 saturated heterocycles. The van der Waals surface area contributed by atoms with E-state index in [1.165, 1.54) is 28.4 Å². The standard InChI is InChI=1S/C13H12N6O2S/c20-10(8-4-5-9-15-18-13(21)19(9)6-8)14-12-17-16-11(22-12)7-2-1-3-7/h4-7H,1-3H2,(H,18,21)(H,14,17,20). The number of amides is 1. The summed E-state index contributed by atoms with van der Waals surface area (Å²) in [5.74, 6) is 0.162. The Morgan fingerprint density at radius 1 is 1.36 bits per heavy atom. The minimum absolute atomic E-state index is 0.327. The molecule has 0 unspecified atom stereocenters. The minimum atomic E-state index is -0.382. The zero-order valence-electron chi connectivity index (χ0n) is 11.4. The minimum Gasteiger partial charge on any atom is -0.296 e. The fourth-order valence-electron chi connectivity index (χ4n) is 2.31. The highest BCUT2D eigenvalue weighted by molar-refractivity contribution is 7.15. The number of anilines is 1. The third kappa shape index (κ3) is 2.19. The molecule has 3 heterocycles. The number of nitrogens with zero attached hydrogens (tertiary/aromatic N) is 4. The van der Waals surface area contributed by atoms with Crippen LogP contribution in [0.4, 0.5) is 5.13 Å². The number of aromatic amines is 1. The van der Waals surface area contributed by atoms with E-state index in [9.17, 15) is 9.59 Å². The van der Waals surface area contributed by atoms with Crippen LogP contribution in [0.3, 0.4) is 0 Å². The highest BCUT2D eigenvalue weighted by Crippen LogP contribution is 2.38. The van der Waals surface area contributed by atoms with Crippen molar-refractivity contribution in [2.75, 3.05) is 5.32 Å². The van der Waals surface area contributed by atoms with Crippen LogP contribution in [-0.4, -0.2) is 30.7 Å². The average molecular weight is 316 g/mol. The molecule has 4 rings (SSSR count). The fourth-order valence-corrected chi connectivity index (χ4v) is 3.22. The van der Waals surface area contributed by atoms with Gasteiger partial charge in [0.05, 0.1) is 5.56 Å². The summed E-state index contributed by atoms with van der Waals surface area (Å²) in [6, 6.07) is 3.21. The molecule has 1 amide bonds. The van der Waals surface area contributed by atoms with Crippen molar-refractivity contribution in [3.63, 3.8) is 0 Å². The van der Waals surface area contributed by atoms with Crippen molar-refractivity contribution < 1.29 is 4.79 Å². The summed E-state index contributed by atoms with van der Waals surface area (Å²) in [4.78, 5) is 23.8. The first kappa shape index (κ1) is 13.1. The van der Waals surface area contributed by atoms with E-state index < -0.39 is 0 Å². The SMILES string of the molecule is O=C(Nc1nnc(C2CCC2)s1)c1ccc2n[nH]c(=O)n2c1. The molecular formula is C13H12N6O2S. The Morgan fingerprint density at radius 3 is 3.00 bits per heavy atom. The smallest absolute Gasteiger partial charge is 0.296 e. The van der Waals surface area contributed by atoms with Gasteiger partial charge in [0.2, 0.25) is 5.13 Å². The number of carbonyl (C=O) groups is 1. The molecular weight excluding hydrogens is 304 g/mol. The fraction of sp³-hybridized carbons (Fsp3) is 0.308. The molecule has 1 aliphatic carbocycles. The molecule has 8 nitrogen and oxygen atoms in total. The maximum Gasteiger partial charge on any atom is 0.347 e. The number of hydrogen-bond acceptors (Lipinski definition) is 6. The largest absolute Gasteiger partial charge is 0.347 e. The average Bonchev–Trinajstić information content (AvgIpc) is 3.05. The highest BCUT2D eigenvalue weighted by Gasteiger charge is 2.23. The Hall–Kier alpha value is -2.55. The summed E-state index contributed by atoms with van der Waals surface area (Å²) in [6.07, 6.45) is 4.96. The maximum absolute atomic E-state index is 12.2. The lowest BCUT2D eigenvalue weighted by molar-refractivity contribution is 0.102. The van der Waals surface area contributed by atoms with Crippen molar-refractivity contribution in [1.29, 1.82) is 0 Å². The van der Waals surface area contributed by atoms with Crippen LogP contribution in [0.5, 0.6) is 0 Å². The molecule has 112 valence electrons. The van der Waals surface area contributed by atoms with Crippen molar-refractivity contribution in [1.82, 2.24) is 24.8 Å². The molecule has 3 aromatic rings. The Morgan fingerprint density at radius 2 is 2.23 bits per heavy atom. The molecule has 0 bridgehead atoms. The van der Waals surface area contributed by atoms with Crippen LogP contribution in [-0.2, 0) is 0 Å². The third-order valence-corrected chi connectivity index (χ3v) is 4.79. The normalized spacial score (nSPS) is 14.9. The molecule has 0 atom stereocenters. The van der Waals surface area contributed by atoms with Crippen molar-refractivity contribution in [2.45, 2.75) is 25.2 Å². The summed E-state index contributed by atoms with van der Waals surface area (Å²) < 4.78 is 1.29. The molecule has 22 heavy (non-hydrogen) atoms. The molecule has 0 aliphatic heterocycles. The predicted molar refractivity (Wildman–Crippen MR) is 80.3 cm³/mol. The monoisotopic (exact) mass is 316 g/mol. The van der Waals surface area contributed by atoms with E-state index in [2.05, 4.69) is 25.7 Å². The van der Waals surface area contributed by atoms with Gasteiger partial charge in [-0.1, -0.05) is 17.8 Å². The van der Waals surface area contributed by atoms with E-state index >= 15 is 0 Å². The molecule has 3 aromatic heterocycles. The van der Waals surface area contributed by atoms with E-state index in [0.29, 0.717) is 22.3 Å². The molecule has 0 aromatic carbocycles. The third-order valence-electron chi connectivity index (χ3n) is 3.79. The van der Waals surface area contributed by atoms with Crippen LogP contribution in [0.2, 0.25) is 0 Å². The van der Waals surface area contributed by atoms with Gasteiger partial charge in [-0.25, -0.2) is 14.3 Å². The topological polar surface area (TPSA) is 105 Å². The zero-order valence-corrected chi connectivity index (χ0v) is 12.3. The van der Waals surface area contributed by atoms with Gasteiger partial charge in [0.15, 0.2) is 5.65 Å². The number of hydrogen-bond donors (Lipinski definition) is 2. The summed E-state index contributed by atoms with van der Waals surface area (Å²) in [5, 5.41) is 18.4. The van der Waals surface area contributed by atoms with Gasteiger partial charge in [-0.3, -0.25) is 10.1 Å². The summed E-state index contributed by atoms with van der Waals surface area (Å²) >= 11 is 1.41. The van der Waals surface area contributed by atoms with Crippen LogP contribution in [0, 0.1) is 0 Å². The van der Waals surface area contributed by atoms with Gasteiger partial charge >= 0.3 is 5.69 Å². The second kappa shape index (κ2) is 5.02. The first-order valence-corrected chi connectivity index (χ1v) is 7.74. The number of aromatic nitrogens is 5. The molecule has 2 N–H and O–H groups in total. The van der Waals surface area contributed by atoms with Crippen molar-refractivity contribution in [2.24, 2.45) is 0 Å². The first-order valence-electron chi connectivity index (χ1n) is 6.92. The van der Waals surface area contributed by atoms with Crippen LogP contribution in [0.25, 0.3) is 5.65 Å². The van der Waals surface area contributed by atoms with Crippen LogP contribution >= 0.6 is 11.3 Å². The molecule has 1 saturated carbocycles. The van der Waals surface area contributed by atoms with E-state index in [4.69, 9.17) is 0 Å². The summed E-state index contributed by atoms with van der Waals surface area (Å²) in [6.45, 7) is 0. The molecule has 9 heteroatoms. The van der Waals surface area contributed by atoms with Gasteiger partial charge in [0, 0.05) is 12.1 Å². The van der Waals surface area contributed by atoms with E-state index in [0.717, 1.165) is 17.8 Å². The maximum atomic E-state index is 12.2. The van der Waals surface area contributed by atoms with Gasteiger partial charge in [-0.05, 0) is 25.0 Å². The highest BCUT2D eigenvalue weighted by atomic mass is 32.1. The second-order valence-electron chi connectivity index (χ2n) is 5.20. The first-order chi connectivity index (χ1) is 10.7. The predicted octanol–water partition coefficient (Wildman–Crippen LogP) is 1.39. The molecule has 1 aliphatic rings. The second-order valence-corrected chi connectivity index (χ2v) is 6.21. The molecule has 1 fully saturated rings. The zero-order chi connectivity index (χ0) is 15.1. The summed E-state index contributed by atoms with van der Waals surface area (Å²) in [5.41, 5.74) is 0.439. The van der Waals surface area contributed by atoms with Gasteiger partial charge < -0.3 is 0 Å². The number of H-pyrrole nitrogens is 1. The Labute approximate surface area is 128 Å². The number of fused-ring (bicyclic) bond motifs is 1. The van der Waals surface area contributed by atoms with Gasteiger partial charge in [-0.2, -0.15) is 5.10 Å². The molecule has 0 radical (unpaired) electrons. The summed E-state index contributed by atoms with van der Waals surface area (Å²) in [7, 11) is 0. The quantitative estimate of drug-likeness (QED) is 0.760. The lowest BCUT2D eigenvalue weighted by atomic mass is 9.86. The number of pyridine rings is 1. The Balaban J connectivity index is 1.56. The Kier molecular flexibility index (Phi) is 3.00. The number of carbonyl (C=O) groups excluding carboxylic acids is 1. The van der Waals surface area contributed by atoms with Crippen LogP contribution in [0.1, 0.15) is 40.5 Å². The van der Waals surface area contributed by atoms with E-state index in [1.54, 1.807) is 12.1 Å². The van der Waals surface area contributed by atoms with Crippen molar-refractivity contribution in [3.05, 3.63) is 39.4 Å². The lowest BCUT2D eigenvalue weighted by Gasteiger charge is -2.21. The number of rotatable bonds is 3. The van der Waals surface area contributed by atoms with E-state index in [1.807, 2.05) is 0 Å².